The lowest BCUT2D eigenvalue weighted by Crippen LogP contribution is -2.13. The van der Waals surface area contributed by atoms with E-state index in [9.17, 15) is 4.79 Å². The SMILES string of the molecule is COc1ccc(NC(=O)c2sc3nc4c(cc3c2N)CC(C)CC4)cc1Cl. The first-order valence-electron chi connectivity index (χ1n) is 8.82. The van der Waals surface area contributed by atoms with Gasteiger partial charge in [-0.3, -0.25) is 4.79 Å². The second-order valence-corrected chi connectivity index (χ2v) is 8.35. The number of nitrogens with two attached hydrogens (primary N) is 1. The first-order chi connectivity index (χ1) is 13.0. The number of thiophene rings is 1. The summed E-state index contributed by atoms with van der Waals surface area (Å²) >= 11 is 7.46. The van der Waals surface area contributed by atoms with Gasteiger partial charge in [0.2, 0.25) is 0 Å². The number of benzene rings is 1. The number of pyridine rings is 1. The van der Waals surface area contributed by atoms with E-state index in [0.29, 0.717) is 32.9 Å². The molecule has 3 aromatic rings. The number of hydrogen-bond acceptors (Lipinski definition) is 5. The Balaban J connectivity index is 1.66. The molecular formula is C20H20ClN3O2S. The van der Waals surface area contributed by atoms with Crippen molar-refractivity contribution in [2.75, 3.05) is 18.2 Å². The number of carbonyl (C=O) groups excluding carboxylic acids is 1. The summed E-state index contributed by atoms with van der Waals surface area (Å²) < 4.78 is 5.13. The van der Waals surface area contributed by atoms with Gasteiger partial charge in [0.05, 0.1) is 17.8 Å². The van der Waals surface area contributed by atoms with Crippen molar-refractivity contribution in [3.05, 3.63) is 45.4 Å². The summed E-state index contributed by atoms with van der Waals surface area (Å²) in [6.45, 7) is 2.25. The molecule has 0 saturated heterocycles. The van der Waals surface area contributed by atoms with Crippen molar-refractivity contribution in [3.8, 4) is 5.75 Å². The van der Waals surface area contributed by atoms with Crippen molar-refractivity contribution in [2.24, 2.45) is 5.92 Å². The minimum Gasteiger partial charge on any atom is -0.495 e. The van der Waals surface area contributed by atoms with Gasteiger partial charge in [-0.1, -0.05) is 18.5 Å². The molecule has 0 aliphatic heterocycles. The maximum absolute atomic E-state index is 12.8. The first-order valence-corrected chi connectivity index (χ1v) is 10.0. The standard InChI is InChI=1S/C20H20ClN3O2S/c1-10-3-5-15-11(7-10)8-13-17(22)18(27-20(13)24-15)19(25)23-12-4-6-16(26-2)14(21)9-12/h4,6,8-10H,3,5,7,22H2,1-2H3,(H,23,25). The van der Waals surface area contributed by atoms with Gasteiger partial charge in [0.1, 0.15) is 15.5 Å². The van der Waals surface area contributed by atoms with Crippen LogP contribution in [0.25, 0.3) is 10.2 Å². The lowest BCUT2D eigenvalue weighted by molar-refractivity contribution is 0.103. The third-order valence-corrected chi connectivity index (χ3v) is 6.36. The third kappa shape index (κ3) is 3.35. The van der Waals surface area contributed by atoms with Crippen LogP contribution in [0.1, 0.15) is 34.3 Å². The molecule has 0 saturated carbocycles. The Morgan fingerprint density at radius 2 is 2.22 bits per heavy atom. The Morgan fingerprint density at radius 1 is 1.41 bits per heavy atom. The van der Waals surface area contributed by atoms with Crippen LogP contribution in [0, 0.1) is 5.92 Å². The number of methoxy groups -OCH3 is 1. The number of nitrogen functional groups attached to an aromatic ring is 1. The average Bonchev–Trinajstić information content (AvgIpc) is 2.96. The zero-order valence-electron chi connectivity index (χ0n) is 15.1. The molecule has 0 bridgehead atoms. The van der Waals surface area contributed by atoms with E-state index in [0.717, 1.165) is 35.2 Å². The van der Waals surface area contributed by atoms with Crippen molar-refractivity contribution < 1.29 is 9.53 Å². The number of nitrogens with zero attached hydrogens (tertiary/aromatic N) is 1. The molecule has 2 heterocycles. The molecule has 1 amide bonds. The van der Waals surface area contributed by atoms with Crippen LogP contribution in [-0.4, -0.2) is 18.0 Å². The Kier molecular flexibility index (Phi) is 4.70. The van der Waals surface area contributed by atoms with E-state index in [1.54, 1.807) is 25.3 Å². The number of aryl methyl sites for hydroxylation is 1. The van der Waals surface area contributed by atoms with Gasteiger partial charge in [0.15, 0.2) is 0 Å². The lowest BCUT2D eigenvalue weighted by atomic mass is 9.87. The topological polar surface area (TPSA) is 77.2 Å². The Labute approximate surface area is 166 Å². The normalized spacial score (nSPS) is 16.2. The van der Waals surface area contributed by atoms with Crippen molar-refractivity contribution >= 4 is 50.4 Å². The number of hydrogen-bond donors (Lipinski definition) is 2. The summed E-state index contributed by atoms with van der Waals surface area (Å²) in [5.41, 5.74) is 9.76. The zero-order chi connectivity index (χ0) is 19.1. The second-order valence-electron chi connectivity index (χ2n) is 6.94. The van der Waals surface area contributed by atoms with E-state index < -0.39 is 0 Å². The van der Waals surface area contributed by atoms with Crippen molar-refractivity contribution in [1.29, 1.82) is 0 Å². The summed E-state index contributed by atoms with van der Waals surface area (Å²) in [5, 5.41) is 4.15. The minimum absolute atomic E-state index is 0.261. The number of amides is 1. The van der Waals surface area contributed by atoms with Gasteiger partial charge in [-0.2, -0.15) is 0 Å². The number of anilines is 2. The van der Waals surface area contributed by atoms with E-state index in [-0.39, 0.29) is 5.91 Å². The van der Waals surface area contributed by atoms with Crippen LogP contribution in [0.5, 0.6) is 5.75 Å². The quantitative estimate of drug-likeness (QED) is 0.653. The molecule has 1 aliphatic rings. The number of aromatic nitrogens is 1. The van der Waals surface area contributed by atoms with Gasteiger partial charge in [-0.15, -0.1) is 11.3 Å². The fourth-order valence-corrected chi connectivity index (χ4v) is 4.72. The molecule has 2 aromatic heterocycles. The van der Waals surface area contributed by atoms with Gasteiger partial charge in [-0.05, 0) is 55.0 Å². The van der Waals surface area contributed by atoms with Crippen LogP contribution in [0.3, 0.4) is 0 Å². The molecule has 1 unspecified atom stereocenters. The molecule has 0 fully saturated rings. The Bertz CT molecular complexity index is 1050. The molecule has 1 atom stereocenters. The summed E-state index contributed by atoms with van der Waals surface area (Å²) in [4.78, 5) is 18.8. The van der Waals surface area contributed by atoms with E-state index >= 15 is 0 Å². The number of rotatable bonds is 3. The number of halogens is 1. The number of carbonyl (C=O) groups is 1. The minimum atomic E-state index is -0.261. The van der Waals surface area contributed by atoms with Gasteiger partial charge < -0.3 is 15.8 Å². The van der Waals surface area contributed by atoms with Gasteiger partial charge >= 0.3 is 0 Å². The van der Waals surface area contributed by atoms with Gasteiger partial charge in [0, 0.05) is 16.8 Å². The van der Waals surface area contributed by atoms with E-state index in [2.05, 4.69) is 18.3 Å². The van der Waals surface area contributed by atoms with Crippen LogP contribution in [0.2, 0.25) is 5.02 Å². The summed E-state index contributed by atoms with van der Waals surface area (Å²) in [6.07, 6.45) is 3.15. The van der Waals surface area contributed by atoms with Crippen LogP contribution in [0.4, 0.5) is 11.4 Å². The van der Waals surface area contributed by atoms with E-state index in [1.165, 1.54) is 16.9 Å². The summed E-state index contributed by atoms with van der Waals surface area (Å²) in [6, 6.07) is 7.22. The summed E-state index contributed by atoms with van der Waals surface area (Å²) in [5.74, 6) is 0.947. The number of ether oxygens (including phenoxy) is 1. The fourth-order valence-electron chi connectivity index (χ4n) is 3.47. The van der Waals surface area contributed by atoms with E-state index in [4.69, 9.17) is 27.1 Å². The fraction of sp³-hybridized carbons (Fsp3) is 0.300. The van der Waals surface area contributed by atoms with Gasteiger partial charge in [0.25, 0.3) is 5.91 Å². The molecule has 1 aromatic carbocycles. The van der Waals surface area contributed by atoms with Crippen molar-refractivity contribution in [1.82, 2.24) is 4.98 Å². The molecule has 1 aliphatic carbocycles. The van der Waals surface area contributed by atoms with Crippen LogP contribution >= 0.6 is 22.9 Å². The number of fused-ring (bicyclic) bond motifs is 2. The average molecular weight is 402 g/mol. The smallest absolute Gasteiger partial charge is 0.267 e. The zero-order valence-corrected chi connectivity index (χ0v) is 16.7. The largest absolute Gasteiger partial charge is 0.495 e. The molecule has 5 nitrogen and oxygen atoms in total. The molecule has 3 N–H and O–H groups in total. The Morgan fingerprint density at radius 3 is 2.96 bits per heavy atom. The molecular weight excluding hydrogens is 382 g/mol. The maximum atomic E-state index is 12.8. The molecule has 4 rings (SSSR count). The third-order valence-electron chi connectivity index (χ3n) is 4.95. The van der Waals surface area contributed by atoms with Crippen LogP contribution in [-0.2, 0) is 12.8 Å². The molecule has 0 radical (unpaired) electrons. The lowest BCUT2D eigenvalue weighted by Gasteiger charge is -2.20. The highest BCUT2D eigenvalue weighted by Gasteiger charge is 2.22. The summed E-state index contributed by atoms with van der Waals surface area (Å²) in [7, 11) is 1.55. The van der Waals surface area contributed by atoms with Crippen LogP contribution in [0.15, 0.2) is 24.3 Å². The first kappa shape index (κ1) is 18.1. The maximum Gasteiger partial charge on any atom is 0.267 e. The monoisotopic (exact) mass is 401 g/mol. The van der Waals surface area contributed by atoms with Crippen molar-refractivity contribution in [2.45, 2.75) is 26.2 Å². The molecule has 0 spiro atoms. The Hall–Kier alpha value is -2.31. The highest BCUT2D eigenvalue weighted by molar-refractivity contribution is 7.21. The predicted molar refractivity (Wildman–Crippen MR) is 111 cm³/mol. The van der Waals surface area contributed by atoms with Crippen LogP contribution < -0.4 is 15.8 Å². The highest BCUT2D eigenvalue weighted by atomic mass is 35.5. The molecule has 140 valence electrons. The van der Waals surface area contributed by atoms with Crippen molar-refractivity contribution in [3.63, 3.8) is 0 Å². The highest BCUT2D eigenvalue weighted by Crippen LogP contribution is 2.37. The predicted octanol–water partition coefficient (Wildman–Crippen LogP) is 4.92. The van der Waals surface area contributed by atoms with E-state index in [1.807, 2.05) is 0 Å². The molecule has 27 heavy (non-hydrogen) atoms. The second kappa shape index (κ2) is 7.02. The molecule has 7 heteroatoms. The van der Waals surface area contributed by atoms with Gasteiger partial charge in [-0.25, -0.2) is 4.98 Å². The number of nitrogens with one attached hydrogen (secondary N) is 1.